The summed E-state index contributed by atoms with van der Waals surface area (Å²) in [4.78, 5) is 24.0. The summed E-state index contributed by atoms with van der Waals surface area (Å²) >= 11 is -12.0. The van der Waals surface area contributed by atoms with Gasteiger partial charge < -0.3 is 14.8 Å². The molecule has 0 bridgehead atoms. The van der Waals surface area contributed by atoms with E-state index < -0.39 is 272 Å². The molecule has 0 aliphatic rings. The molecule has 0 unspecified atom stereocenters. The summed E-state index contributed by atoms with van der Waals surface area (Å²) in [5.41, 5.74) is -7.01. The summed E-state index contributed by atoms with van der Waals surface area (Å²) in [5.74, 6) is -255. The first-order valence-corrected chi connectivity index (χ1v) is 28.1. The van der Waals surface area contributed by atoms with Crippen molar-refractivity contribution in [2.75, 3.05) is 37.0 Å². The number of hydrogen-bond acceptors (Lipinski definition) is 7. The van der Waals surface area contributed by atoms with Gasteiger partial charge in [0, 0.05) is 28.2 Å². The van der Waals surface area contributed by atoms with Crippen LogP contribution in [-0.4, -0.2) is 226 Å². The zero-order chi connectivity index (χ0) is 92.7. The fraction of sp³-hybridized carbons (Fsp3) is 0.905. The van der Waals surface area contributed by atoms with E-state index in [0.29, 0.717) is 12.2 Å². The number of esters is 1. The van der Waals surface area contributed by atoms with E-state index in [0.717, 1.165) is 0 Å². The van der Waals surface area contributed by atoms with Crippen LogP contribution in [0.1, 0.15) is 6.92 Å². The van der Waals surface area contributed by atoms with Gasteiger partial charge in [0.1, 0.15) is 13.2 Å². The molecule has 0 heterocycles. The predicted octanol–water partition coefficient (Wildman–Crippen LogP) is 22.7. The van der Waals surface area contributed by atoms with Crippen LogP contribution in [0.4, 0.5) is 281 Å². The van der Waals surface area contributed by atoms with Crippen LogP contribution in [0.5, 0.6) is 0 Å². The highest BCUT2D eigenvalue weighted by Crippen LogP contribution is 2.73. The maximum absolute atomic E-state index is 15.5. The van der Waals surface area contributed by atoms with E-state index in [4.69, 9.17) is 0 Å². The predicted molar refractivity (Wildman–Crippen MR) is 237 cm³/mol. The molecule has 0 aliphatic heterocycles. The fourth-order valence-electron chi connectivity index (χ4n) is 6.57. The Morgan fingerprint density at radius 2 is 0.398 bits per heavy atom. The normalized spacial score (nSPS) is 16.6. The quantitative estimate of drug-likeness (QED) is 0.0285. The van der Waals surface area contributed by atoms with Crippen molar-refractivity contribution in [3.05, 3.63) is 12.2 Å². The zero-order valence-corrected chi connectivity index (χ0v) is 52.6. The van der Waals surface area contributed by atoms with Crippen LogP contribution in [-0.2, 0) is 14.3 Å². The molecule has 0 saturated heterocycles. The second-order valence-electron chi connectivity index (χ2n) is 21.6. The number of amides is 1. The lowest BCUT2D eigenvalue weighted by atomic mass is 9.87. The van der Waals surface area contributed by atoms with Gasteiger partial charge in [-0.1, -0.05) is 41.9 Å². The van der Waals surface area contributed by atoms with Gasteiger partial charge in [-0.05, 0) is 6.92 Å². The van der Waals surface area contributed by atoms with Crippen molar-refractivity contribution in [3.63, 3.8) is 0 Å². The Kier molecular flexibility index (Phi) is 28.3. The molecule has 674 valence electrons. The third-order valence-electron chi connectivity index (χ3n) is 13.6. The molecule has 1 N–H and O–H groups in total. The van der Waals surface area contributed by atoms with Crippen molar-refractivity contribution in [1.82, 2.24) is 5.32 Å². The van der Waals surface area contributed by atoms with Crippen LogP contribution in [0.3, 0.4) is 0 Å². The molecular formula is C42H18F63NO4S3. The van der Waals surface area contributed by atoms with Crippen molar-refractivity contribution in [2.24, 2.45) is 5.41 Å². The highest BCUT2D eigenvalue weighted by Gasteiger charge is 3.02. The summed E-state index contributed by atoms with van der Waals surface area (Å²) in [6.07, 6.45) is -29.4. The molecular weight excluding hydrogens is 1880 g/mol. The van der Waals surface area contributed by atoms with E-state index in [1.165, 1.54) is 0 Å². The lowest BCUT2D eigenvalue weighted by Gasteiger charge is -2.45. The summed E-state index contributed by atoms with van der Waals surface area (Å²) in [7, 11) is 0. The van der Waals surface area contributed by atoms with Gasteiger partial charge in [-0.2, -0.15) is 277 Å². The number of hydrogen-bond donors (Lipinski definition) is 1. The molecule has 0 spiro atoms. The number of alkyl carbamates (subject to hydrolysis) is 1. The molecule has 113 heavy (non-hydrogen) atoms. The van der Waals surface area contributed by atoms with E-state index in [9.17, 15) is 234 Å². The molecule has 0 rings (SSSR count). The number of halogens is 63. The number of nitrogens with one attached hydrogen (secondary N) is 1. The Bertz CT molecular complexity index is 3050. The molecule has 0 aromatic rings. The van der Waals surface area contributed by atoms with Crippen LogP contribution >= 0.6 is 35.3 Å². The molecule has 5 nitrogen and oxygen atoms in total. The fourth-order valence-corrected chi connectivity index (χ4v) is 10.2. The van der Waals surface area contributed by atoms with Gasteiger partial charge in [-0.25, -0.2) is 9.59 Å². The van der Waals surface area contributed by atoms with Gasteiger partial charge in [0.05, 0.1) is 6.54 Å². The Labute approximate surface area is 586 Å². The average molecular weight is 1890 g/mol. The van der Waals surface area contributed by atoms with Gasteiger partial charge >= 0.3 is 188 Å². The van der Waals surface area contributed by atoms with Crippen molar-refractivity contribution in [3.8, 4) is 0 Å². The lowest BCUT2D eigenvalue weighted by Crippen LogP contribution is -2.76. The van der Waals surface area contributed by atoms with E-state index in [1.54, 1.807) is 0 Å². The van der Waals surface area contributed by atoms with Gasteiger partial charge in [0.25, 0.3) is 0 Å². The minimum absolute atomic E-state index is 0.603. The highest BCUT2D eigenvalue weighted by atomic mass is 32.2. The minimum atomic E-state index is -10.3. The van der Waals surface area contributed by atoms with Crippen LogP contribution in [0.25, 0.3) is 0 Å². The Morgan fingerprint density at radius 1 is 0.248 bits per heavy atom. The Balaban J connectivity index is 9.69. The van der Waals surface area contributed by atoms with Gasteiger partial charge in [0.2, 0.25) is 0 Å². The smallest absolute Gasteiger partial charge is 0.460 e. The van der Waals surface area contributed by atoms with E-state index in [-0.39, 0.29) is 0 Å². The first kappa shape index (κ1) is 108. The second kappa shape index (κ2) is 29.5. The molecule has 0 saturated carbocycles. The van der Waals surface area contributed by atoms with E-state index in [1.807, 2.05) is 0 Å². The number of thioether (sulfide) groups is 3. The number of carbonyl (C=O) groups excluding carboxylic acids is 2. The minimum Gasteiger partial charge on any atom is -0.460 e. The number of ether oxygens (including phenoxy) is 2. The molecule has 1 amide bonds. The van der Waals surface area contributed by atoms with Gasteiger partial charge in [-0.15, -0.1) is 0 Å². The molecule has 0 atom stereocenters. The highest BCUT2D eigenvalue weighted by molar-refractivity contribution is 8.02. The lowest BCUT2D eigenvalue weighted by molar-refractivity contribution is -0.472. The summed E-state index contributed by atoms with van der Waals surface area (Å²) < 4.78 is 901. The first-order chi connectivity index (χ1) is 48.1. The number of alkyl halides is 63. The molecule has 0 radical (unpaired) electrons. The van der Waals surface area contributed by atoms with Crippen molar-refractivity contribution in [2.45, 2.75) is 183 Å². The topological polar surface area (TPSA) is 64.6 Å². The molecule has 0 fully saturated rings. The van der Waals surface area contributed by atoms with Crippen molar-refractivity contribution < 1.29 is 296 Å². The maximum Gasteiger partial charge on any atom is 0.460 e. The SMILES string of the molecule is C=C(C)C(=O)OCCNC(=O)OCC(CSC(F)(F)C(F)(F)C(F)(F)C(F)(F)C(F)(F)C(F)(F)C(F)(F)C(F)(F)C(F)(F)C(F)(F)F)(CSC(F)(F)C(F)(F)C(F)(F)C(F)(F)C(F)(F)C(F)(F)C(F)(F)C(F)(F)C(F)(F)C(F)(F)F)CSC(F)(F)C(F)(F)C(F)(F)C(F)(F)C(F)(F)C(F)(F)C(F)(F)C(F)(F)C(F)(F)C(F)(F)F. The third kappa shape index (κ3) is 15.5. The van der Waals surface area contributed by atoms with Crippen molar-refractivity contribution in [1.29, 1.82) is 0 Å². The summed E-state index contributed by atoms with van der Waals surface area (Å²) in [5, 5.41) is -26.1. The molecule has 0 aromatic carbocycles. The Morgan fingerprint density at radius 3 is 0.549 bits per heavy atom. The van der Waals surface area contributed by atoms with E-state index in [2.05, 4.69) is 16.1 Å². The van der Waals surface area contributed by atoms with E-state index >= 15 is 52.7 Å². The molecule has 0 aromatic heterocycles. The number of rotatable bonds is 39. The average Bonchev–Trinajstić information content (AvgIpc) is 0.694. The molecule has 71 heteroatoms. The largest absolute Gasteiger partial charge is 0.460 e. The maximum atomic E-state index is 15.5. The van der Waals surface area contributed by atoms with Crippen LogP contribution in [0.15, 0.2) is 12.2 Å². The number of carbonyl (C=O) groups is 2. The summed E-state index contributed by atoms with van der Waals surface area (Å²) in [6, 6.07) is 0. The van der Waals surface area contributed by atoms with Gasteiger partial charge in [-0.3, -0.25) is 0 Å². The van der Waals surface area contributed by atoms with Crippen molar-refractivity contribution >= 4 is 47.3 Å². The standard InChI is InChI=1S/C42H18F63NO4S3/c1-9(2)10(107)109-4-3-106-11(108)110-5-12(6-111-40(100,101)34(85,86)28(73,74)22(61,62)16(49,50)13(43,44)19(55,56)25(67,68)31(79,80)37(91,92)93,7-112-41(102,103)35(87,88)29(75,76)23(63,64)17(51,52)14(45,46)20(57,58)26(69,70)32(81,82)38(94,95)96)8-113-42(104,105)36(89,90)30(77,78)24(65,66)18(53,54)15(47,48)21(59,60)27(71,72)33(83,84)39(97,98)99/h1,3-8H2,2H3,(H,106,108). The third-order valence-corrected chi connectivity index (χ3v) is 17.7. The van der Waals surface area contributed by atoms with Crippen LogP contribution < -0.4 is 5.32 Å². The molecule has 0 aliphatic carbocycles. The van der Waals surface area contributed by atoms with Crippen LogP contribution in [0.2, 0.25) is 0 Å². The van der Waals surface area contributed by atoms with Crippen LogP contribution in [0, 0.1) is 5.41 Å². The zero-order valence-electron chi connectivity index (χ0n) is 50.1. The first-order valence-electron chi connectivity index (χ1n) is 25.1. The Hall–Kier alpha value is -4.88. The second-order valence-corrected chi connectivity index (χ2v) is 24.9. The van der Waals surface area contributed by atoms with Gasteiger partial charge in [0.15, 0.2) is 0 Å². The summed E-state index contributed by atoms with van der Waals surface area (Å²) in [6.45, 7) is -4.29. The monoisotopic (exact) mass is 1890 g/mol.